The van der Waals surface area contributed by atoms with E-state index in [1.165, 1.54) is 0 Å². The van der Waals surface area contributed by atoms with E-state index in [9.17, 15) is 4.79 Å². The Bertz CT molecular complexity index is 455. The van der Waals surface area contributed by atoms with Crippen LogP contribution in [0.5, 0.6) is 11.5 Å². The van der Waals surface area contributed by atoms with Gasteiger partial charge in [0.15, 0.2) is 11.5 Å². The van der Waals surface area contributed by atoms with E-state index in [-0.39, 0.29) is 5.92 Å². The zero-order chi connectivity index (χ0) is 13.1. The van der Waals surface area contributed by atoms with Gasteiger partial charge in [0, 0.05) is 6.42 Å². The lowest BCUT2D eigenvalue weighted by Gasteiger charge is -2.24. The van der Waals surface area contributed by atoms with Gasteiger partial charge in [-0.15, -0.1) is 0 Å². The summed E-state index contributed by atoms with van der Waals surface area (Å²) in [5, 5.41) is 0.628. The molecule has 0 bridgehead atoms. The van der Waals surface area contributed by atoms with Crippen molar-refractivity contribution in [1.29, 1.82) is 0 Å². The Morgan fingerprint density at radius 2 is 2.11 bits per heavy atom. The normalized spacial score (nSPS) is 13.8. The van der Waals surface area contributed by atoms with Crippen molar-refractivity contribution in [2.75, 3.05) is 13.2 Å². The monoisotopic (exact) mass is 268 g/mol. The Labute approximate surface area is 112 Å². The van der Waals surface area contributed by atoms with Gasteiger partial charge in [0.1, 0.15) is 19.5 Å². The van der Waals surface area contributed by atoms with Crippen molar-refractivity contribution in [1.82, 2.24) is 0 Å². The van der Waals surface area contributed by atoms with Gasteiger partial charge in [-0.1, -0.05) is 25.4 Å². The smallest absolute Gasteiger partial charge is 0.180 e. The summed E-state index contributed by atoms with van der Waals surface area (Å²) < 4.78 is 11.1. The predicted octanol–water partition coefficient (Wildman–Crippen LogP) is 3.37. The van der Waals surface area contributed by atoms with E-state index < -0.39 is 0 Å². The average molecular weight is 269 g/mol. The molecule has 3 nitrogen and oxygen atoms in total. The maximum atomic E-state index is 10.5. The first kappa shape index (κ1) is 13.2. The van der Waals surface area contributed by atoms with Crippen molar-refractivity contribution in [3.05, 3.63) is 22.2 Å². The number of hydrogen-bond donors (Lipinski definition) is 0. The molecule has 0 aliphatic carbocycles. The molecule has 0 saturated heterocycles. The quantitative estimate of drug-likeness (QED) is 0.786. The van der Waals surface area contributed by atoms with Crippen LogP contribution in [0.3, 0.4) is 0 Å². The Balaban J connectivity index is 2.49. The second kappa shape index (κ2) is 5.61. The maximum absolute atomic E-state index is 10.5. The van der Waals surface area contributed by atoms with E-state index in [1.54, 1.807) is 0 Å². The number of carbonyl (C=O) groups excluding carboxylic acids is 1. The summed E-state index contributed by atoms with van der Waals surface area (Å²) in [5.74, 6) is 1.62. The fourth-order valence-electron chi connectivity index (χ4n) is 2.26. The third kappa shape index (κ3) is 2.46. The highest BCUT2D eigenvalue weighted by molar-refractivity contribution is 6.33. The minimum Gasteiger partial charge on any atom is -0.486 e. The summed E-state index contributed by atoms with van der Waals surface area (Å²) in [5.41, 5.74) is 2.13. The van der Waals surface area contributed by atoms with Gasteiger partial charge in [-0.25, -0.2) is 0 Å². The van der Waals surface area contributed by atoms with Crippen LogP contribution < -0.4 is 9.47 Å². The molecule has 1 heterocycles. The van der Waals surface area contributed by atoms with E-state index in [1.807, 2.05) is 6.07 Å². The predicted molar refractivity (Wildman–Crippen MR) is 70.9 cm³/mol. The molecule has 0 fully saturated rings. The third-order valence-corrected chi connectivity index (χ3v) is 3.38. The number of ether oxygens (including phenoxy) is 2. The molecule has 1 aromatic carbocycles. The number of aryl methyl sites for hydroxylation is 1. The maximum Gasteiger partial charge on any atom is 0.180 e. The first-order chi connectivity index (χ1) is 8.65. The molecule has 0 spiro atoms. The Hall–Kier alpha value is -1.22. The lowest BCUT2D eigenvalue weighted by molar-refractivity contribution is -0.107. The number of rotatable bonds is 4. The highest BCUT2D eigenvalue weighted by Gasteiger charge is 2.22. The molecule has 0 atom stereocenters. The van der Waals surface area contributed by atoms with Crippen molar-refractivity contribution < 1.29 is 14.3 Å². The number of fused-ring (bicyclic) bond motifs is 1. The number of aldehydes is 1. The molecule has 0 radical (unpaired) electrons. The van der Waals surface area contributed by atoms with Crippen molar-refractivity contribution >= 4 is 17.9 Å². The SMILES string of the molecule is CC(C)c1c(CCC=O)cc2c(c1Cl)OCCO2. The molecule has 0 saturated carbocycles. The van der Waals surface area contributed by atoms with Crippen LogP contribution in [0.4, 0.5) is 0 Å². The minimum absolute atomic E-state index is 0.287. The van der Waals surface area contributed by atoms with Crippen LogP contribution >= 0.6 is 11.6 Å². The first-order valence-electron chi connectivity index (χ1n) is 6.19. The molecule has 2 rings (SSSR count). The number of hydrogen-bond acceptors (Lipinski definition) is 3. The van der Waals surface area contributed by atoms with Gasteiger partial charge in [0.2, 0.25) is 0 Å². The lowest BCUT2D eigenvalue weighted by atomic mass is 9.93. The largest absolute Gasteiger partial charge is 0.486 e. The zero-order valence-corrected chi connectivity index (χ0v) is 11.4. The van der Waals surface area contributed by atoms with Crippen LogP contribution in [0.15, 0.2) is 6.07 Å². The Kier molecular flexibility index (Phi) is 4.12. The molecule has 4 heteroatoms. The van der Waals surface area contributed by atoms with E-state index >= 15 is 0 Å². The molecule has 1 aliphatic heterocycles. The van der Waals surface area contributed by atoms with Gasteiger partial charge in [-0.3, -0.25) is 0 Å². The molecule has 18 heavy (non-hydrogen) atoms. The lowest BCUT2D eigenvalue weighted by Crippen LogP contribution is -2.17. The van der Waals surface area contributed by atoms with Gasteiger partial charge in [-0.2, -0.15) is 0 Å². The van der Waals surface area contributed by atoms with Gasteiger partial charge in [0.25, 0.3) is 0 Å². The van der Waals surface area contributed by atoms with Crippen molar-refractivity contribution in [2.45, 2.75) is 32.6 Å². The Morgan fingerprint density at radius 3 is 2.78 bits per heavy atom. The zero-order valence-electron chi connectivity index (χ0n) is 10.7. The number of benzene rings is 1. The average Bonchev–Trinajstić information content (AvgIpc) is 2.36. The first-order valence-corrected chi connectivity index (χ1v) is 6.57. The minimum atomic E-state index is 0.287. The fourth-order valence-corrected chi connectivity index (χ4v) is 2.74. The van der Waals surface area contributed by atoms with Crippen LogP contribution in [-0.4, -0.2) is 19.5 Å². The highest BCUT2D eigenvalue weighted by Crippen LogP contribution is 2.44. The Morgan fingerprint density at radius 1 is 1.39 bits per heavy atom. The summed E-state index contributed by atoms with van der Waals surface area (Å²) in [7, 11) is 0. The highest BCUT2D eigenvalue weighted by atomic mass is 35.5. The van der Waals surface area contributed by atoms with Gasteiger partial charge >= 0.3 is 0 Å². The summed E-state index contributed by atoms with van der Waals surface area (Å²) in [6.45, 7) is 5.23. The molecular formula is C14H17ClO3. The van der Waals surface area contributed by atoms with E-state index in [0.717, 1.165) is 17.4 Å². The van der Waals surface area contributed by atoms with Crippen LogP contribution in [0.1, 0.15) is 37.3 Å². The molecule has 1 aromatic rings. The molecule has 0 unspecified atom stereocenters. The second-order valence-corrected chi connectivity index (χ2v) is 5.03. The van der Waals surface area contributed by atoms with Gasteiger partial charge < -0.3 is 14.3 Å². The standard InChI is InChI=1S/C14H17ClO3/c1-9(2)12-10(4-3-5-16)8-11-14(13(12)15)18-7-6-17-11/h5,8-9H,3-4,6-7H2,1-2H3. The van der Waals surface area contributed by atoms with E-state index in [0.29, 0.717) is 42.6 Å². The van der Waals surface area contributed by atoms with Crippen LogP contribution in [-0.2, 0) is 11.2 Å². The van der Waals surface area contributed by atoms with Gasteiger partial charge in [0.05, 0.1) is 5.02 Å². The van der Waals surface area contributed by atoms with E-state index in [4.69, 9.17) is 21.1 Å². The van der Waals surface area contributed by atoms with Crippen LogP contribution in [0, 0.1) is 0 Å². The number of carbonyl (C=O) groups is 1. The van der Waals surface area contributed by atoms with Crippen molar-refractivity contribution in [3.8, 4) is 11.5 Å². The van der Waals surface area contributed by atoms with Crippen molar-refractivity contribution in [3.63, 3.8) is 0 Å². The van der Waals surface area contributed by atoms with Crippen LogP contribution in [0.2, 0.25) is 5.02 Å². The molecule has 0 amide bonds. The molecule has 0 N–H and O–H groups in total. The second-order valence-electron chi connectivity index (χ2n) is 4.65. The summed E-state index contributed by atoms with van der Waals surface area (Å²) in [6, 6.07) is 1.96. The van der Waals surface area contributed by atoms with Crippen LogP contribution in [0.25, 0.3) is 0 Å². The fraction of sp³-hybridized carbons (Fsp3) is 0.500. The third-order valence-electron chi connectivity index (χ3n) is 3.01. The number of halogens is 1. The molecule has 0 aromatic heterocycles. The summed E-state index contributed by atoms with van der Waals surface area (Å²) in [6.07, 6.45) is 2.11. The molecular weight excluding hydrogens is 252 g/mol. The topological polar surface area (TPSA) is 35.5 Å². The summed E-state index contributed by atoms with van der Waals surface area (Å²) >= 11 is 6.41. The summed E-state index contributed by atoms with van der Waals surface area (Å²) in [4.78, 5) is 10.5. The van der Waals surface area contributed by atoms with Gasteiger partial charge in [-0.05, 0) is 29.5 Å². The molecule has 98 valence electrons. The van der Waals surface area contributed by atoms with E-state index in [2.05, 4.69) is 13.8 Å². The molecule has 1 aliphatic rings. The van der Waals surface area contributed by atoms with Crippen molar-refractivity contribution in [2.24, 2.45) is 0 Å².